The molecule has 190 valence electrons. The van der Waals surface area contributed by atoms with Crippen LogP contribution in [0.4, 0.5) is 0 Å². The predicted molar refractivity (Wildman–Crippen MR) is 180 cm³/mol. The Morgan fingerprint density at radius 2 is 0.756 bits per heavy atom. The fourth-order valence-electron chi connectivity index (χ4n) is 6.63. The molecule has 41 heavy (non-hydrogen) atoms. The maximum atomic E-state index is 2.37. The van der Waals surface area contributed by atoms with E-state index in [1.807, 2.05) is 11.3 Å². The molecule has 0 radical (unpaired) electrons. The molecule has 1 heterocycles. The average Bonchev–Trinajstić information content (AvgIpc) is 3.43. The minimum Gasteiger partial charge on any atom is -0.135 e. The first-order valence-corrected chi connectivity index (χ1v) is 14.9. The summed E-state index contributed by atoms with van der Waals surface area (Å²) in [5.74, 6) is 0. The molecule has 0 aliphatic heterocycles. The van der Waals surface area contributed by atoms with Crippen molar-refractivity contribution < 1.29 is 0 Å². The molecule has 0 fully saturated rings. The summed E-state index contributed by atoms with van der Waals surface area (Å²) in [5, 5.41) is 13.2. The molecule has 0 saturated carbocycles. The lowest BCUT2D eigenvalue weighted by Crippen LogP contribution is -1.85. The van der Waals surface area contributed by atoms with Gasteiger partial charge >= 0.3 is 0 Å². The lowest BCUT2D eigenvalue weighted by molar-refractivity contribution is 1.62. The van der Waals surface area contributed by atoms with Crippen LogP contribution in [0.3, 0.4) is 0 Å². The van der Waals surface area contributed by atoms with E-state index in [0.717, 1.165) is 0 Å². The Balaban J connectivity index is 1.15. The summed E-state index contributed by atoms with van der Waals surface area (Å²) in [6.07, 6.45) is 0. The van der Waals surface area contributed by atoms with E-state index in [1.54, 1.807) is 0 Å². The Kier molecular flexibility index (Phi) is 4.87. The summed E-state index contributed by atoms with van der Waals surface area (Å²) in [6.45, 7) is 0. The molecule has 9 rings (SSSR count). The summed E-state index contributed by atoms with van der Waals surface area (Å²) in [4.78, 5) is 0. The van der Waals surface area contributed by atoms with Gasteiger partial charge < -0.3 is 0 Å². The quantitative estimate of drug-likeness (QED) is 0.193. The van der Waals surface area contributed by atoms with E-state index in [4.69, 9.17) is 0 Å². The number of fused-ring (bicyclic) bond motifs is 11. The summed E-state index contributed by atoms with van der Waals surface area (Å²) >= 11 is 1.90. The first-order valence-electron chi connectivity index (χ1n) is 14.1. The van der Waals surface area contributed by atoms with E-state index in [1.165, 1.54) is 85.5 Å². The molecule has 0 bridgehead atoms. The highest BCUT2D eigenvalue weighted by Gasteiger charge is 2.12. The van der Waals surface area contributed by atoms with Gasteiger partial charge in [-0.2, -0.15) is 0 Å². The van der Waals surface area contributed by atoms with Crippen LogP contribution < -0.4 is 0 Å². The monoisotopic (exact) mass is 536 g/mol. The van der Waals surface area contributed by atoms with Crippen molar-refractivity contribution in [3.8, 4) is 22.3 Å². The van der Waals surface area contributed by atoms with Crippen molar-refractivity contribution >= 4 is 74.6 Å². The van der Waals surface area contributed by atoms with Gasteiger partial charge in [-0.3, -0.25) is 0 Å². The number of benzene rings is 8. The average molecular weight is 537 g/mol. The van der Waals surface area contributed by atoms with E-state index in [0.29, 0.717) is 0 Å². The first kappa shape index (κ1) is 22.8. The molecule has 0 spiro atoms. The fourth-order valence-corrected chi connectivity index (χ4v) is 7.85. The van der Waals surface area contributed by atoms with Gasteiger partial charge in [0.15, 0.2) is 0 Å². The maximum absolute atomic E-state index is 2.37. The maximum Gasteiger partial charge on any atom is 0.0433 e. The summed E-state index contributed by atoms with van der Waals surface area (Å²) in [7, 11) is 0. The SMILES string of the molecule is c1ccc2c(c1)ccc1c3cc(-c4ccc(-c5ccc6c7ccccc7c7ccccc7c6c5)cc4)ccc3sc21. The Labute approximate surface area is 241 Å². The van der Waals surface area contributed by atoms with Crippen LogP contribution in [0.2, 0.25) is 0 Å². The van der Waals surface area contributed by atoms with Gasteiger partial charge in [-0.1, -0.05) is 127 Å². The fraction of sp³-hybridized carbons (Fsp3) is 0. The standard InChI is InChI=1S/C40H24S/c1-2-8-30-27(7-1)17-21-36-38-24-29(19-22-39(38)41-40(30)36)26-15-13-25(14-16-26)28-18-20-35-33-11-4-3-9-31(33)32-10-5-6-12-34(32)37(35)23-28/h1-24H. The highest BCUT2D eigenvalue weighted by atomic mass is 32.1. The number of thiophene rings is 1. The van der Waals surface area contributed by atoms with Crippen molar-refractivity contribution in [1.29, 1.82) is 0 Å². The molecule has 9 aromatic rings. The van der Waals surface area contributed by atoms with Gasteiger partial charge in [0.1, 0.15) is 0 Å². The molecular weight excluding hydrogens is 513 g/mol. The van der Waals surface area contributed by atoms with E-state index in [2.05, 4.69) is 146 Å². The van der Waals surface area contributed by atoms with E-state index >= 15 is 0 Å². The lowest BCUT2D eigenvalue weighted by Gasteiger charge is -2.12. The van der Waals surface area contributed by atoms with Crippen molar-refractivity contribution in [1.82, 2.24) is 0 Å². The Bertz CT molecular complexity index is 2420. The van der Waals surface area contributed by atoms with Crippen LogP contribution >= 0.6 is 11.3 Å². The topological polar surface area (TPSA) is 0 Å². The van der Waals surface area contributed by atoms with Gasteiger partial charge in [0.05, 0.1) is 0 Å². The molecule has 0 saturated heterocycles. The van der Waals surface area contributed by atoms with Crippen molar-refractivity contribution in [2.45, 2.75) is 0 Å². The van der Waals surface area contributed by atoms with Crippen molar-refractivity contribution in [2.24, 2.45) is 0 Å². The molecule has 1 aromatic heterocycles. The van der Waals surface area contributed by atoms with Crippen LogP contribution in [0.15, 0.2) is 146 Å². The molecule has 0 amide bonds. The van der Waals surface area contributed by atoms with Gasteiger partial charge in [0.2, 0.25) is 0 Å². The molecule has 0 nitrogen and oxygen atoms in total. The zero-order chi connectivity index (χ0) is 26.9. The van der Waals surface area contributed by atoms with Crippen LogP contribution in [0.25, 0.3) is 85.5 Å². The lowest BCUT2D eigenvalue weighted by atomic mass is 9.92. The minimum absolute atomic E-state index is 1.24. The van der Waals surface area contributed by atoms with Crippen LogP contribution in [0.5, 0.6) is 0 Å². The van der Waals surface area contributed by atoms with Crippen LogP contribution in [0, 0.1) is 0 Å². The Morgan fingerprint density at radius 3 is 1.41 bits per heavy atom. The van der Waals surface area contributed by atoms with Gasteiger partial charge in [-0.05, 0) is 83.5 Å². The third kappa shape index (κ3) is 3.46. The molecule has 0 unspecified atom stereocenters. The summed E-state index contributed by atoms with van der Waals surface area (Å²) in [5.41, 5.74) is 4.98. The van der Waals surface area contributed by atoms with Crippen molar-refractivity contribution in [2.75, 3.05) is 0 Å². The van der Waals surface area contributed by atoms with Crippen LogP contribution in [-0.2, 0) is 0 Å². The Hall–Kier alpha value is -4.98. The van der Waals surface area contributed by atoms with Crippen LogP contribution in [-0.4, -0.2) is 0 Å². The van der Waals surface area contributed by atoms with Gasteiger partial charge in [-0.15, -0.1) is 11.3 Å². The Morgan fingerprint density at radius 1 is 0.293 bits per heavy atom. The van der Waals surface area contributed by atoms with E-state index in [9.17, 15) is 0 Å². The van der Waals surface area contributed by atoms with Gasteiger partial charge in [0.25, 0.3) is 0 Å². The highest BCUT2D eigenvalue weighted by Crippen LogP contribution is 2.41. The molecule has 8 aromatic carbocycles. The summed E-state index contributed by atoms with van der Waals surface area (Å²) < 4.78 is 2.72. The molecule has 0 atom stereocenters. The highest BCUT2D eigenvalue weighted by molar-refractivity contribution is 7.26. The number of hydrogen-bond acceptors (Lipinski definition) is 1. The second-order valence-corrected chi connectivity index (χ2v) is 12.0. The van der Waals surface area contributed by atoms with E-state index < -0.39 is 0 Å². The third-order valence-corrected chi connectivity index (χ3v) is 9.88. The molecule has 1 heteroatoms. The molecular formula is C40H24S. The molecule has 0 N–H and O–H groups in total. The molecule has 0 aliphatic carbocycles. The predicted octanol–water partition coefficient (Wildman–Crippen LogP) is 12.0. The first-order chi connectivity index (χ1) is 20.3. The zero-order valence-electron chi connectivity index (χ0n) is 22.3. The second-order valence-electron chi connectivity index (χ2n) is 10.9. The van der Waals surface area contributed by atoms with Crippen LogP contribution in [0.1, 0.15) is 0 Å². The second kappa shape index (κ2) is 8.76. The largest absolute Gasteiger partial charge is 0.135 e. The third-order valence-electron chi connectivity index (χ3n) is 8.66. The zero-order valence-corrected chi connectivity index (χ0v) is 23.1. The number of hydrogen-bond donors (Lipinski definition) is 0. The smallest absolute Gasteiger partial charge is 0.0433 e. The normalized spacial score (nSPS) is 11.9. The van der Waals surface area contributed by atoms with Gasteiger partial charge in [0, 0.05) is 20.2 Å². The van der Waals surface area contributed by atoms with Crippen molar-refractivity contribution in [3.63, 3.8) is 0 Å². The van der Waals surface area contributed by atoms with E-state index in [-0.39, 0.29) is 0 Å². The minimum atomic E-state index is 1.24. The molecule has 0 aliphatic rings. The number of rotatable bonds is 2. The van der Waals surface area contributed by atoms with Gasteiger partial charge in [-0.25, -0.2) is 0 Å². The summed E-state index contributed by atoms with van der Waals surface area (Å²) in [6, 6.07) is 53.7. The van der Waals surface area contributed by atoms with Crippen molar-refractivity contribution in [3.05, 3.63) is 146 Å².